The second kappa shape index (κ2) is 5.58. The number of nitro groups is 1. The van der Waals surface area contributed by atoms with Crippen LogP contribution in [0.15, 0.2) is 42.5 Å². The van der Waals surface area contributed by atoms with E-state index in [1.165, 1.54) is 30.3 Å². The van der Waals surface area contributed by atoms with Crippen LogP contribution in [0.3, 0.4) is 0 Å². The summed E-state index contributed by atoms with van der Waals surface area (Å²) >= 11 is 5.79. The molecular formula is C13H10ClNO4. The molecule has 0 aliphatic rings. The Kier molecular flexibility index (Phi) is 3.87. The minimum absolute atomic E-state index is 0.0980. The number of ether oxygens (including phenoxy) is 1. The van der Waals surface area contributed by atoms with E-state index in [0.29, 0.717) is 10.6 Å². The lowest BCUT2D eigenvalue weighted by Gasteiger charge is -2.07. The number of hydrogen-bond acceptors (Lipinski definition) is 4. The predicted molar refractivity (Wildman–Crippen MR) is 70.5 cm³/mol. The zero-order valence-electron chi connectivity index (χ0n) is 9.75. The van der Waals surface area contributed by atoms with E-state index < -0.39 is 4.92 Å². The monoisotopic (exact) mass is 279 g/mol. The molecule has 2 aromatic rings. The summed E-state index contributed by atoms with van der Waals surface area (Å²) in [7, 11) is 0. The summed E-state index contributed by atoms with van der Waals surface area (Å²) in [5.41, 5.74) is 0.554. The highest BCUT2D eigenvalue weighted by Crippen LogP contribution is 2.30. The van der Waals surface area contributed by atoms with Crippen molar-refractivity contribution < 1.29 is 14.8 Å². The SMILES string of the molecule is O=[N+]([O-])c1ccc(Cl)cc1OCc1cccc(O)c1. The summed E-state index contributed by atoms with van der Waals surface area (Å²) in [5, 5.41) is 20.5. The summed E-state index contributed by atoms with van der Waals surface area (Å²) in [6.07, 6.45) is 0. The Morgan fingerprint density at radius 3 is 2.74 bits per heavy atom. The van der Waals surface area contributed by atoms with Crippen molar-refractivity contribution in [2.75, 3.05) is 0 Å². The maximum Gasteiger partial charge on any atom is 0.311 e. The number of phenols is 1. The second-order valence-corrected chi connectivity index (χ2v) is 4.26. The van der Waals surface area contributed by atoms with E-state index in [0.717, 1.165) is 0 Å². The quantitative estimate of drug-likeness (QED) is 0.686. The van der Waals surface area contributed by atoms with E-state index in [9.17, 15) is 15.2 Å². The van der Waals surface area contributed by atoms with Crippen LogP contribution in [0.2, 0.25) is 5.02 Å². The first-order valence-electron chi connectivity index (χ1n) is 5.41. The van der Waals surface area contributed by atoms with Crippen LogP contribution in [0.5, 0.6) is 11.5 Å². The molecule has 0 spiro atoms. The van der Waals surface area contributed by atoms with Gasteiger partial charge in [-0.25, -0.2) is 0 Å². The van der Waals surface area contributed by atoms with Crippen molar-refractivity contribution in [3.8, 4) is 11.5 Å². The number of rotatable bonds is 4. The zero-order chi connectivity index (χ0) is 13.8. The fraction of sp³-hybridized carbons (Fsp3) is 0.0769. The molecule has 5 nitrogen and oxygen atoms in total. The van der Waals surface area contributed by atoms with Crippen LogP contribution in [-0.4, -0.2) is 10.0 Å². The highest BCUT2D eigenvalue weighted by Gasteiger charge is 2.15. The van der Waals surface area contributed by atoms with Gasteiger partial charge in [-0.3, -0.25) is 10.1 Å². The average molecular weight is 280 g/mol. The highest BCUT2D eigenvalue weighted by molar-refractivity contribution is 6.30. The van der Waals surface area contributed by atoms with Gasteiger partial charge in [-0.2, -0.15) is 0 Å². The summed E-state index contributed by atoms with van der Waals surface area (Å²) in [4.78, 5) is 10.3. The third-order valence-electron chi connectivity index (χ3n) is 2.42. The maximum atomic E-state index is 10.8. The predicted octanol–water partition coefficient (Wildman–Crippen LogP) is 3.53. The van der Waals surface area contributed by atoms with Gasteiger partial charge in [-0.05, 0) is 23.8 Å². The molecule has 6 heteroatoms. The Morgan fingerprint density at radius 1 is 1.26 bits per heavy atom. The number of phenolic OH excluding ortho intramolecular Hbond substituents is 1. The molecule has 2 rings (SSSR count). The van der Waals surface area contributed by atoms with Crippen molar-refractivity contribution in [2.45, 2.75) is 6.61 Å². The van der Waals surface area contributed by atoms with E-state index in [1.54, 1.807) is 12.1 Å². The van der Waals surface area contributed by atoms with Crippen molar-refractivity contribution in [3.05, 3.63) is 63.2 Å². The van der Waals surface area contributed by atoms with Crippen molar-refractivity contribution >= 4 is 17.3 Å². The smallest absolute Gasteiger partial charge is 0.311 e. The van der Waals surface area contributed by atoms with Crippen LogP contribution in [-0.2, 0) is 6.61 Å². The first-order chi connectivity index (χ1) is 9.06. The van der Waals surface area contributed by atoms with Crippen LogP contribution in [0.25, 0.3) is 0 Å². The van der Waals surface area contributed by atoms with Gasteiger partial charge in [0.15, 0.2) is 5.75 Å². The molecule has 1 N–H and O–H groups in total. The van der Waals surface area contributed by atoms with Gasteiger partial charge < -0.3 is 9.84 Å². The average Bonchev–Trinajstić information content (AvgIpc) is 2.36. The number of halogens is 1. The van der Waals surface area contributed by atoms with Crippen LogP contribution in [0.1, 0.15) is 5.56 Å². The second-order valence-electron chi connectivity index (χ2n) is 3.83. The topological polar surface area (TPSA) is 72.6 Å². The van der Waals surface area contributed by atoms with Gasteiger partial charge >= 0.3 is 5.69 Å². The number of nitro benzene ring substituents is 1. The molecule has 19 heavy (non-hydrogen) atoms. The van der Waals surface area contributed by atoms with Crippen LogP contribution in [0.4, 0.5) is 5.69 Å². The number of aromatic hydroxyl groups is 1. The molecule has 0 saturated heterocycles. The molecule has 0 saturated carbocycles. The van der Waals surface area contributed by atoms with Crippen LogP contribution in [0, 0.1) is 10.1 Å². The molecule has 0 bridgehead atoms. The van der Waals surface area contributed by atoms with Crippen LogP contribution < -0.4 is 4.74 Å². The van der Waals surface area contributed by atoms with Gasteiger partial charge in [-0.1, -0.05) is 23.7 Å². The van der Waals surface area contributed by atoms with Gasteiger partial charge in [-0.15, -0.1) is 0 Å². The first kappa shape index (κ1) is 13.2. The standard InChI is InChI=1S/C13H10ClNO4/c14-10-4-5-12(15(17)18)13(7-10)19-8-9-2-1-3-11(16)6-9/h1-7,16H,8H2. The Hall–Kier alpha value is -2.27. The molecule has 2 aromatic carbocycles. The summed E-state index contributed by atoms with van der Waals surface area (Å²) in [6.45, 7) is 0.107. The number of hydrogen-bond donors (Lipinski definition) is 1. The molecule has 0 fully saturated rings. The van der Waals surface area contributed by atoms with Crippen LogP contribution >= 0.6 is 11.6 Å². The molecular weight excluding hydrogens is 270 g/mol. The molecule has 0 unspecified atom stereocenters. The first-order valence-corrected chi connectivity index (χ1v) is 5.79. The minimum atomic E-state index is -0.534. The summed E-state index contributed by atoms with van der Waals surface area (Å²) in [5.74, 6) is 0.211. The third-order valence-corrected chi connectivity index (χ3v) is 2.66. The van der Waals surface area contributed by atoms with E-state index in [4.69, 9.17) is 16.3 Å². The Bertz CT molecular complexity index is 615. The Balaban J connectivity index is 2.19. The normalized spacial score (nSPS) is 10.2. The van der Waals surface area contributed by atoms with Crippen molar-refractivity contribution in [1.82, 2.24) is 0 Å². The van der Waals surface area contributed by atoms with E-state index in [-0.39, 0.29) is 23.8 Å². The molecule has 0 amide bonds. The number of nitrogens with zero attached hydrogens (tertiary/aromatic N) is 1. The fourth-order valence-corrected chi connectivity index (χ4v) is 1.72. The Labute approximate surface area is 114 Å². The lowest BCUT2D eigenvalue weighted by Crippen LogP contribution is -1.99. The molecule has 0 heterocycles. The molecule has 0 aromatic heterocycles. The highest BCUT2D eigenvalue weighted by atomic mass is 35.5. The molecule has 0 aliphatic carbocycles. The fourth-order valence-electron chi connectivity index (χ4n) is 1.56. The maximum absolute atomic E-state index is 10.8. The molecule has 98 valence electrons. The molecule has 0 atom stereocenters. The van der Waals surface area contributed by atoms with Gasteiger partial charge in [0.1, 0.15) is 12.4 Å². The lowest BCUT2D eigenvalue weighted by molar-refractivity contribution is -0.385. The van der Waals surface area contributed by atoms with Gasteiger partial charge in [0, 0.05) is 17.2 Å². The summed E-state index contributed by atoms with van der Waals surface area (Å²) in [6, 6.07) is 10.6. The summed E-state index contributed by atoms with van der Waals surface area (Å²) < 4.78 is 5.38. The van der Waals surface area contributed by atoms with Crippen molar-refractivity contribution in [3.63, 3.8) is 0 Å². The molecule has 0 aliphatic heterocycles. The Morgan fingerprint density at radius 2 is 2.05 bits per heavy atom. The van der Waals surface area contributed by atoms with E-state index in [2.05, 4.69) is 0 Å². The van der Waals surface area contributed by atoms with Gasteiger partial charge in [0.05, 0.1) is 4.92 Å². The van der Waals surface area contributed by atoms with Crippen molar-refractivity contribution in [1.29, 1.82) is 0 Å². The molecule has 0 radical (unpaired) electrons. The van der Waals surface area contributed by atoms with E-state index in [1.807, 2.05) is 0 Å². The lowest BCUT2D eigenvalue weighted by atomic mass is 10.2. The zero-order valence-corrected chi connectivity index (χ0v) is 10.5. The van der Waals surface area contributed by atoms with E-state index >= 15 is 0 Å². The minimum Gasteiger partial charge on any atom is -0.508 e. The third kappa shape index (κ3) is 3.35. The largest absolute Gasteiger partial charge is 0.508 e. The number of benzene rings is 2. The van der Waals surface area contributed by atoms with Gasteiger partial charge in [0.25, 0.3) is 0 Å². The van der Waals surface area contributed by atoms with Crippen molar-refractivity contribution in [2.24, 2.45) is 0 Å². The van der Waals surface area contributed by atoms with Gasteiger partial charge in [0.2, 0.25) is 0 Å².